The average molecular weight is 264 g/mol. The van der Waals surface area contributed by atoms with Gasteiger partial charge in [0.25, 0.3) is 0 Å². The Morgan fingerprint density at radius 2 is 1.89 bits per heavy atom. The molecule has 0 aliphatic heterocycles. The van der Waals surface area contributed by atoms with Gasteiger partial charge in [0.1, 0.15) is 19.0 Å². The SMILES string of the molecule is CC(O)c1ccccc1OCCOCC(F)(F)F. The van der Waals surface area contributed by atoms with Crippen molar-refractivity contribution in [2.45, 2.75) is 19.2 Å². The van der Waals surface area contributed by atoms with Gasteiger partial charge in [-0.05, 0) is 13.0 Å². The minimum Gasteiger partial charge on any atom is -0.491 e. The fourth-order valence-corrected chi connectivity index (χ4v) is 1.36. The monoisotopic (exact) mass is 264 g/mol. The van der Waals surface area contributed by atoms with Crippen LogP contribution < -0.4 is 4.74 Å². The molecule has 0 aliphatic carbocycles. The Bertz CT molecular complexity index is 364. The topological polar surface area (TPSA) is 38.7 Å². The lowest BCUT2D eigenvalue weighted by Gasteiger charge is -2.13. The number of alkyl halides is 3. The summed E-state index contributed by atoms with van der Waals surface area (Å²) in [5.41, 5.74) is 0.591. The Labute approximate surface area is 103 Å². The van der Waals surface area contributed by atoms with Crippen molar-refractivity contribution in [3.8, 4) is 5.75 Å². The number of rotatable bonds is 6. The van der Waals surface area contributed by atoms with Gasteiger partial charge in [-0.25, -0.2) is 0 Å². The van der Waals surface area contributed by atoms with Crippen LogP contribution in [0.15, 0.2) is 24.3 Å². The van der Waals surface area contributed by atoms with Crippen molar-refractivity contribution in [1.29, 1.82) is 0 Å². The van der Waals surface area contributed by atoms with E-state index in [-0.39, 0.29) is 13.2 Å². The van der Waals surface area contributed by atoms with E-state index in [1.807, 2.05) is 0 Å². The van der Waals surface area contributed by atoms with E-state index in [0.717, 1.165) is 0 Å². The first-order valence-corrected chi connectivity index (χ1v) is 5.44. The lowest BCUT2D eigenvalue weighted by Crippen LogP contribution is -2.19. The second-order valence-electron chi connectivity index (χ2n) is 3.73. The summed E-state index contributed by atoms with van der Waals surface area (Å²) in [4.78, 5) is 0. The highest BCUT2D eigenvalue weighted by Crippen LogP contribution is 2.24. The van der Waals surface area contributed by atoms with Gasteiger partial charge in [0.2, 0.25) is 0 Å². The van der Waals surface area contributed by atoms with Gasteiger partial charge in [-0.1, -0.05) is 18.2 Å². The molecule has 0 saturated heterocycles. The van der Waals surface area contributed by atoms with Gasteiger partial charge in [0.15, 0.2) is 0 Å². The van der Waals surface area contributed by atoms with Crippen molar-refractivity contribution >= 4 is 0 Å². The van der Waals surface area contributed by atoms with Crippen LogP contribution in [0.5, 0.6) is 5.75 Å². The summed E-state index contributed by atoms with van der Waals surface area (Å²) in [6.45, 7) is 0.143. The molecule has 0 fully saturated rings. The number of ether oxygens (including phenoxy) is 2. The zero-order valence-corrected chi connectivity index (χ0v) is 9.91. The van der Waals surface area contributed by atoms with Crippen molar-refractivity contribution in [3.63, 3.8) is 0 Å². The second-order valence-corrected chi connectivity index (χ2v) is 3.73. The highest BCUT2D eigenvalue weighted by Gasteiger charge is 2.27. The number of aliphatic hydroxyl groups is 1. The summed E-state index contributed by atoms with van der Waals surface area (Å²) < 4.78 is 45.0. The molecule has 1 aromatic rings. The standard InChI is InChI=1S/C12H15F3O3/c1-9(16)10-4-2-3-5-11(10)18-7-6-17-8-12(13,14)15/h2-5,9,16H,6-8H2,1H3. The summed E-state index contributed by atoms with van der Waals surface area (Å²) in [6, 6.07) is 6.80. The number of hydrogen-bond acceptors (Lipinski definition) is 3. The maximum atomic E-state index is 11.8. The fourth-order valence-electron chi connectivity index (χ4n) is 1.36. The van der Waals surface area contributed by atoms with Crippen molar-refractivity contribution in [3.05, 3.63) is 29.8 Å². The normalized spacial score (nSPS) is 13.4. The van der Waals surface area contributed by atoms with E-state index >= 15 is 0 Å². The van der Waals surface area contributed by atoms with Crippen LogP contribution in [0.3, 0.4) is 0 Å². The van der Waals surface area contributed by atoms with Crippen molar-refractivity contribution in [2.75, 3.05) is 19.8 Å². The molecule has 1 atom stereocenters. The molecular weight excluding hydrogens is 249 g/mol. The van der Waals surface area contributed by atoms with Crippen LogP contribution >= 0.6 is 0 Å². The molecule has 0 amide bonds. The van der Waals surface area contributed by atoms with Crippen LogP contribution in [-0.2, 0) is 4.74 Å². The molecule has 102 valence electrons. The first-order chi connectivity index (χ1) is 8.40. The molecule has 0 heterocycles. The third kappa shape index (κ3) is 5.37. The molecule has 1 rings (SSSR count). The van der Waals surface area contributed by atoms with Crippen molar-refractivity contribution in [2.24, 2.45) is 0 Å². The summed E-state index contributed by atoms with van der Waals surface area (Å²) in [6.07, 6.45) is -5.02. The van der Waals surface area contributed by atoms with E-state index in [4.69, 9.17) is 4.74 Å². The molecule has 0 bridgehead atoms. The number of halogens is 3. The quantitative estimate of drug-likeness (QED) is 0.803. The Kier molecular flexibility index (Phi) is 5.43. The number of benzene rings is 1. The van der Waals surface area contributed by atoms with Gasteiger partial charge < -0.3 is 14.6 Å². The Balaban J connectivity index is 2.36. The predicted molar refractivity (Wildman–Crippen MR) is 59.4 cm³/mol. The molecule has 0 aliphatic rings. The summed E-state index contributed by atoms with van der Waals surface area (Å²) in [7, 11) is 0. The van der Waals surface area contributed by atoms with E-state index in [2.05, 4.69) is 4.74 Å². The van der Waals surface area contributed by atoms with E-state index in [1.165, 1.54) is 0 Å². The molecular formula is C12H15F3O3. The molecule has 0 aromatic heterocycles. The van der Waals surface area contributed by atoms with Gasteiger partial charge in [0.05, 0.1) is 12.7 Å². The molecule has 3 nitrogen and oxygen atoms in total. The smallest absolute Gasteiger partial charge is 0.411 e. The number of para-hydroxylation sites is 1. The zero-order chi connectivity index (χ0) is 13.6. The Morgan fingerprint density at radius 1 is 1.22 bits per heavy atom. The number of aliphatic hydroxyl groups excluding tert-OH is 1. The van der Waals surface area contributed by atoms with Gasteiger partial charge in [0, 0.05) is 5.56 Å². The first kappa shape index (κ1) is 14.8. The predicted octanol–water partition coefficient (Wildman–Crippen LogP) is 2.70. The molecule has 6 heteroatoms. The lowest BCUT2D eigenvalue weighted by atomic mass is 10.1. The average Bonchev–Trinajstić information content (AvgIpc) is 2.27. The van der Waals surface area contributed by atoms with Gasteiger partial charge in [-0.15, -0.1) is 0 Å². The van der Waals surface area contributed by atoms with E-state index in [0.29, 0.717) is 11.3 Å². The molecule has 1 N–H and O–H groups in total. The lowest BCUT2D eigenvalue weighted by molar-refractivity contribution is -0.175. The Hall–Kier alpha value is -1.27. The largest absolute Gasteiger partial charge is 0.491 e. The van der Waals surface area contributed by atoms with Crippen LogP contribution in [0.4, 0.5) is 13.2 Å². The third-order valence-electron chi connectivity index (χ3n) is 2.12. The fraction of sp³-hybridized carbons (Fsp3) is 0.500. The molecule has 1 unspecified atom stereocenters. The summed E-state index contributed by atoms with van der Waals surface area (Å²) in [5.74, 6) is 0.447. The van der Waals surface area contributed by atoms with Gasteiger partial charge in [-0.2, -0.15) is 13.2 Å². The molecule has 1 aromatic carbocycles. The highest BCUT2D eigenvalue weighted by molar-refractivity contribution is 5.34. The first-order valence-electron chi connectivity index (χ1n) is 5.44. The van der Waals surface area contributed by atoms with Crippen molar-refractivity contribution < 1.29 is 27.8 Å². The van der Waals surface area contributed by atoms with Crippen LogP contribution in [0.2, 0.25) is 0 Å². The van der Waals surface area contributed by atoms with Gasteiger partial charge >= 0.3 is 6.18 Å². The number of hydrogen-bond donors (Lipinski definition) is 1. The summed E-state index contributed by atoms with van der Waals surface area (Å²) >= 11 is 0. The molecule has 0 spiro atoms. The molecule has 0 saturated carbocycles. The van der Waals surface area contributed by atoms with Crippen LogP contribution in [0.25, 0.3) is 0 Å². The second kappa shape index (κ2) is 6.61. The zero-order valence-electron chi connectivity index (χ0n) is 9.91. The Morgan fingerprint density at radius 3 is 2.50 bits per heavy atom. The molecule has 0 radical (unpaired) electrons. The molecule has 18 heavy (non-hydrogen) atoms. The van der Waals surface area contributed by atoms with Crippen molar-refractivity contribution in [1.82, 2.24) is 0 Å². The third-order valence-corrected chi connectivity index (χ3v) is 2.12. The van der Waals surface area contributed by atoms with Crippen LogP contribution in [0, 0.1) is 0 Å². The van der Waals surface area contributed by atoms with E-state index < -0.39 is 18.9 Å². The highest BCUT2D eigenvalue weighted by atomic mass is 19.4. The van der Waals surface area contributed by atoms with Gasteiger partial charge in [-0.3, -0.25) is 0 Å². The van der Waals surface area contributed by atoms with Crippen LogP contribution in [0.1, 0.15) is 18.6 Å². The maximum absolute atomic E-state index is 11.8. The minimum atomic E-state index is -4.32. The van der Waals surface area contributed by atoms with Crippen LogP contribution in [-0.4, -0.2) is 31.1 Å². The maximum Gasteiger partial charge on any atom is 0.411 e. The summed E-state index contributed by atoms with van der Waals surface area (Å²) in [5, 5.41) is 9.45. The minimum absolute atomic E-state index is 0.000185. The van der Waals surface area contributed by atoms with E-state index in [1.54, 1.807) is 31.2 Å². The van der Waals surface area contributed by atoms with E-state index in [9.17, 15) is 18.3 Å².